The van der Waals surface area contributed by atoms with Gasteiger partial charge in [0, 0.05) is 16.8 Å². The van der Waals surface area contributed by atoms with Crippen LogP contribution >= 0.6 is 22.9 Å². The third kappa shape index (κ3) is 3.77. The van der Waals surface area contributed by atoms with E-state index in [2.05, 4.69) is 31.0 Å². The Labute approximate surface area is 172 Å². The van der Waals surface area contributed by atoms with Crippen LogP contribution in [0.2, 0.25) is 5.02 Å². The van der Waals surface area contributed by atoms with Crippen LogP contribution in [0, 0.1) is 13.8 Å². The highest BCUT2D eigenvalue weighted by atomic mass is 35.5. The van der Waals surface area contributed by atoms with Crippen LogP contribution in [0.25, 0.3) is 10.2 Å². The molecule has 0 spiro atoms. The van der Waals surface area contributed by atoms with Gasteiger partial charge in [-0.15, -0.1) is 0 Å². The Morgan fingerprint density at radius 2 is 1.89 bits per heavy atom. The standard InChI is InChI=1S/C22H18ClN3OS/c1-14-10-19-20(11-15(14)2)28-22(25-19)26(13-18-8-3-4-9-24-18)21(27)16-6-5-7-17(23)12-16/h3-12H,13H2,1-2H3. The Morgan fingerprint density at radius 3 is 2.64 bits per heavy atom. The molecular weight excluding hydrogens is 390 g/mol. The number of hydrogen-bond acceptors (Lipinski definition) is 4. The molecule has 0 bridgehead atoms. The number of carbonyl (C=O) groups is 1. The van der Waals surface area contributed by atoms with Gasteiger partial charge in [-0.2, -0.15) is 0 Å². The summed E-state index contributed by atoms with van der Waals surface area (Å²) in [4.78, 5) is 24.1. The van der Waals surface area contributed by atoms with Crippen molar-refractivity contribution in [2.75, 3.05) is 4.90 Å². The number of thiazole rings is 1. The number of anilines is 1. The second-order valence-corrected chi connectivity index (χ2v) is 8.07. The van der Waals surface area contributed by atoms with Crippen LogP contribution in [-0.2, 0) is 6.54 Å². The first-order valence-electron chi connectivity index (χ1n) is 8.86. The molecule has 0 aliphatic heterocycles. The van der Waals surface area contributed by atoms with Gasteiger partial charge in [-0.25, -0.2) is 4.98 Å². The van der Waals surface area contributed by atoms with Gasteiger partial charge in [-0.3, -0.25) is 14.7 Å². The van der Waals surface area contributed by atoms with Crippen LogP contribution in [-0.4, -0.2) is 15.9 Å². The first-order chi connectivity index (χ1) is 13.5. The van der Waals surface area contributed by atoms with E-state index in [0.717, 1.165) is 15.9 Å². The van der Waals surface area contributed by atoms with E-state index in [1.54, 1.807) is 35.4 Å². The summed E-state index contributed by atoms with van der Waals surface area (Å²) in [6.07, 6.45) is 1.72. The summed E-state index contributed by atoms with van der Waals surface area (Å²) < 4.78 is 1.06. The monoisotopic (exact) mass is 407 g/mol. The number of benzene rings is 2. The molecule has 2 aromatic carbocycles. The van der Waals surface area contributed by atoms with Gasteiger partial charge in [-0.1, -0.05) is 35.1 Å². The lowest BCUT2D eigenvalue weighted by Gasteiger charge is -2.19. The minimum Gasteiger partial charge on any atom is -0.278 e. The third-order valence-electron chi connectivity index (χ3n) is 4.59. The summed E-state index contributed by atoms with van der Waals surface area (Å²) in [6.45, 7) is 4.48. The topological polar surface area (TPSA) is 46.1 Å². The Bertz CT molecular complexity index is 1120. The highest BCUT2D eigenvalue weighted by Gasteiger charge is 2.22. The van der Waals surface area contributed by atoms with Crippen molar-refractivity contribution in [3.8, 4) is 0 Å². The maximum Gasteiger partial charge on any atom is 0.260 e. The van der Waals surface area contributed by atoms with Gasteiger partial charge in [0.15, 0.2) is 5.13 Å². The van der Waals surface area contributed by atoms with Crippen LogP contribution in [0.5, 0.6) is 0 Å². The summed E-state index contributed by atoms with van der Waals surface area (Å²) in [7, 11) is 0. The zero-order valence-corrected chi connectivity index (χ0v) is 17.1. The molecule has 0 N–H and O–H groups in total. The average Bonchev–Trinajstić information content (AvgIpc) is 3.09. The fourth-order valence-corrected chi connectivity index (χ4v) is 4.17. The molecule has 6 heteroatoms. The molecule has 0 saturated heterocycles. The van der Waals surface area contributed by atoms with Crippen molar-refractivity contribution in [3.05, 3.63) is 88.2 Å². The number of nitrogens with zero attached hydrogens (tertiary/aromatic N) is 3. The Hall–Kier alpha value is -2.76. The van der Waals surface area contributed by atoms with Crippen molar-refractivity contribution in [3.63, 3.8) is 0 Å². The molecule has 0 saturated carbocycles. The SMILES string of the molecule is Cc1cc2nc(N(Cc3ccccn3)C(=O)c3cccc(Cl)c3)sc2cc1C. The molecule has 4 nitrogen and oxygen atoms in total. The molecule has 140 valence electrons. The quantitative estimate of drug-likeness (QED) is 0.429. The van der Waals surface area contributed by atoms with Gasteiger partial charge >= 0.3 is 0 Å². The molecular formula is C22H18ClN3OS. The van der Waals surface area contributed by atoms with Crippen molar-refractivity contribution in [2.45, 2.75) is 20.4 Å². The second kappa shape index (κ2) is 7.70. The fourth-order valence-electron chi connectivity index (χ4n) is 2.94. The number of aromatic nitrogens is 2. The van der Waals surface area contributed by atoms with Crippen LogP contribution < -0.4 is 4.90 Å². The lowest BCUT2D eigenvalue weighted by Crippen LogP contribution is -2.30. The lowest BCUT2D eigenvalue weighted by atomic mass is 10.1. The molecule has 4 rings (SSSR count). The summed E-state index contributed by atoms with van der Waals surface area (Å²) in [6, 6.07) is 16.8. The number of rotatable bonds is 4. The molecule has 0 aliphatic carbocycles. The smallest absolute Gasteiger partial charge is 0.260 e. The molecule has 0 fully saturated rings. The minimum atomic E-state index is -0.152. The predicted octanol–water partition coefficient (Wildman–Crippen LogP) is 5.81. The highest BCUT2D eigenvalue weighted by Crippen LogP contribution is 2.32. The molecule has 1 amide bonds. The number of fused-ring (bicyclic) bond motifs is 1. The van der Waals surface area contributed by atoms with E-state index in [1.807, 2.05) is 18.2 Å². The zero-order valence-electron chi connectivity index (χ0n) is 15.5. The number of aryl methyl sites for hydroxylation is 2. The molecule has 0 radical (unpaired) electrons. The largest absolute Gasteiger partial charge is 0.278 e. The Balaban J connectivity index is 1.79. The van der Waals surface area contributed by atoms with Gasteiger partial charge in [0.05, 0.1) is 22.5 Å². The van der Waals surface area contributed by atoms with E-state index in [0.29, 0.717) is 22.3 Å². The van der Waals surface area contributed by atoms with Crippen molar-refractivity contribution in [2.24, 2.45) is 0 Å². The van der Waals surface area contributed by atoms with E-state index >= 15 is 0 Å². The summed E-state index contributed by atoms with van der Waals surface area (Å²) in [5.74, 6) is -0.152. The van der Waals surface area contributed by atoms with E-state index in [1.165, 1.54) is 22.5 Å². The summed E-state index contributed by atoms with van der Waals surface area (Å²) in [5, 5.41) is 1.18. The van der Waals surface area contributed by atoms with E-state index < -0.39 is 0 Å². The molecule has 2 aromatic heterocycles. The molecule has 0 atom stereocenters. The molecule has 0 unspecified atom stereocenters. The van der Waals surface area contributed by atoms with Crippen LogP contribution in [0.1, 0.15) is 27.2 Å². The predicted molar refractivity (Wildman–Crippen MR) is 115 cm³/mol. The van der Waals surface area contributed by atoms with Crippen molar-refractivity contribution in [1.29, 1.82) is 0 Å². The number of hydrogen-bond donors (Lipinski definition) is 0. The first-order valence-corrected chi connectivity index (χ1v) is 10.1. The molecule has 2 heterocycles. The van der Waals surface area contributed by atoms with Crippen molar-refractivity contribution < 1.29 is 4.79 Å². The van der Waals surface area contributed by atoms with Gasteiger partial charge in [-0.05, 0) is 67.4 Å². The summed E-state index contributed by atoms with van der Waals surface area (Å²) in [5.41, 5.74) is 4.61. The zero-order chi connectivity index (χ0) is 19.7. The van der Waals surface area contributed by atoms with E-state index in [-0.39, 0.29) is 5.91 Å². The van der Waals surface area contributed by atoms with Crippen molar-refractivity contribution in [1.82, 2.24) is 9.97 Å². The maximum atomic E-state index is 13.3. The second-order valence-electron chi connectivity index (χ2n) is 6.62. The van der Waals surface area contributed by atoms with Crippen molar-refractivity contribution >= 4 is 44.2 Å². The number of halogens is 1. The summed E-state index contributed by atoms with van der Waals surface area (Å²) >= 11 is 7.61. The molecule has 28 heavy (non-hydrogen) atoms. The first kappa shape index (κ1) is 18.6. The number of amides is 1. The van der Waals surface area contributed by atoms with E-state index in [4.69, 9.17) is 16.6 Å². The molecule has 0 aliphatic rings. The van der Waals surface area contributed by atoms with Gasteiger partial charge in [0.2, 0.25) is 0 Å². The highest BCUT2D eigenvalue weighted by molar-refractivity contribution is 7.22. The number of carbonyl (C=O) groups excluding carboxylic acids is 1. The van der Waals surface area contributed by atoms with Gasteiger partial charge in [0.25, 0.3) is 5.91 Å². The lowest BCUT2D eigenvalue weighted by molar-refractivity contribution is 0.0985. The van der Waals surface area contributed by atoms with E-state index in [9.17, 15) is 4.79 Å². The van der Waals surface area contributed by atoms with Crippen LogP contribution in [0.15, 0.2) is 60.8 Å². The number of pyridine rings is 1. The van der Waals surface area contributed by atoms with Crippen LogP contribution in [0.4, 0.5) is 5.13 Å². The minimum absolute atomic E-state index is 0.152. The van der Waals surface area contributed by atoms with Gasteiger partial charge < -0.3 is 0 Å². The van der Waals surface area contributed by atoms with Crippen LogP contribution in [0.3, 0.4) is 0 Å². The third-order valence-corrected chi connectivity index (χ3v) is 5.86. The average molecular weight is 408 g/mol. The maximum absolute atomic E-state index is 13.3. The Kier molecular flexibility index (Phi) is 5.11. The fraction of sp³-hybridized carbons (Fsp3) is 0.136. The molecule has 4 aromatic rings. The van der Waals surface area contributed by atoms with Gasteiger partial charge in [0.1, 0.15) is 0 Å². The Morgan fingerprint density at radius 1 is 1.07 bits per heavy atom. The normalized spacial score (nSPS) is 11.0.